The van der Waals surface area contributed by atoms with Crippen molar-refractivity contribution in [1.29, 1.82) is 0 Å². The highest BCUT2D eigenvalue weighted by atomic mass is 32.2. The summed E-state index contributed by atoms with van der Waals surface area (Å²) in [5.74, 6) is 0.683. The number of hydrogen-bond acceptors (Lipinski definition) is 6. The van der Waals surface area contributed by atoms with Crippen LogP contribution in [0.15, 0.2) is 35.6 Å². The molecule has 2 N–H and O–H groups in total. The summed E-state index contributed by atoms with van der Waals surface area (Å²) in [4.78, 5) is 8.52. The number of rotatable bonds is 2. The van der Waals surface area contributed by atoms with Gasteiger partial charge in [-0.25, -0.2) is 9.97 Å². The number of anilines is 1. The molecule has 0 aliphatic rings. The molecule has 0 aliphatic carbocycles. The molecule has 7 heteroatoms. The fourth-order valence-electron chi connectivity index (χ4n) is 1.68. The van der Waals surface area contributed by atoms with Crippen molar-refractivity contribution in [2.24, 2.45) is 0 Å². The van der Waals surface area contributed by atoms with Crippen molar-refractivity contribution in [3.63, 3.8) is 0 Å². The van der Waals surface area contributed by atoms with Gasteiger partial charge in [-0.05, 0) is 18.4 Å². The lowest BCUT2D eigenvalue weighted by atomic mass is 10.3. The molecule has 0 spiro atoms. The lowest BCUT2D eigenvalue weighted by Gasteiger charge is -2.02. The summed E-state index contributed by atoms with van der Waals surface area (Å²) >= 11 is 1.48. The van der Waals surface area contributed by atoms with Gasteiger partial charge in [0.15, 0.2) is 11.0 Å². The topological polar surface area (TPSA) is 82.5 Å². The molecule has 3 rings (SSSR count). The number of thioether (sulfide) groups is 1. The summed E-state index contributed by atoms with van der Waals surface area (Å²) in [7, 11) is 0. The van der Waals surface area contributed by atoms with Gasteiger partial charge in [-0.1, -0.05) is 23.0 Å². The average Bonchev–Trinajstić information content (AvgIpc) is 2.84. The van der Waals surface area contributed by atoms with E-state index in [0.717, 1.165) is 5.52 Å². The van der Waals surface area contributed by atoms with Gasteiger partial charge in [-0.15, -0.1) is 5.10 Å². The highest BCUT2D eigenvalue weighted by molar-refractivity contribution is 7.98. The van der Waals surface area contributed by atoms with E-state index in [-0.39, 0.29) is 0 Å². The molecule has 18 heavy (non-hydrogen) atoms. The molecule has 3 aromatic rings. The van der Waals surface area contributed by atoms with E-state index in [1.807, 2.05) is 18.4 Å². The quantitative estimate of drug-likeness (QED) is 0.426. The zero-order valence-electron chi connectivity index (χ0n) is 9.61. The van der Waals surface area contributed by atoms with Gasteiger partial charge in [-0.2, -0.15) is 4.68 Å². The molecule has 0 unspecified atom stereocenters. The minimum absolute atomic E-state index is 0.609. The van der Waals surface area contributed by atoms with E-state index in [1.54, 1.807) is 23.0 Å². The van der Waals surface area contributed by atoms with Crippen LogP contribution in [0.5, 0.6) is 0 Å². The van der Waals surface area contributed by atoms with Gasteiger partial charge in [-0.3, -0.25) is 0 Å². The van der Waals surface area contributed by atoms with E-state index in [9.17, 15) is 0 Å². The zero-order chi connectivity index (χ0) is 12.5. The molecule has 1 aromatic carbocycles. The van der Waals surface area contributed by atoms with Gasteiger partial charge in [0.2, 0.25) is 0 Å². The molecule has 0 radical (unpaired) electrons. The average molecular weight is 258 g/mol. The van der Waals surface area contributed by atoms with Crippen LogP contribution in [-0.2, 0) is 0 Å². The maximum absolute atomic E-state index is 5.85. The zero-order valence-corrected chi connectivity index (χ0v) is 10.4. The minimum atomic E-state index is 0.609. The van der Waals surface area contributed by atoms with E-state index in [2.05, 4.69) is 20.3 Å². The van der Waals surface area contributed by atoms with Crippen molar-refractivity contribution >= 4 is 28.5 Å². The second kappa shape index (κ2) is 4.26. The second-order valence-corrected chi connectivity index (χ2v) is 4.39. The van der Waals surface area contributed by atoms with Crippen LogP contribution in [0, 0.1) is 0 Å². The molecule has 0 bridgehead atoms. The molecule has 2 aromatic heterocycles. The SMILES string of the molecule is CSc1nccc(-n2nnc3c(N)cccc32)n1. The number of nitrogen functional groups attached to an aromatic ring is 1. The first kappa shape index (κ1) is 11.0. The molecule has 0 saturated heterocycles. The van der Waals surface area contributed by atoms with Crippen LogP contribution in [0.4, 0.5) is 5.69 Å². The second-order valence-electron chi connectivity index (χ2n) is 3.62. The summed E-state index contributed by atoms with van der Waals surface area (Å²) in [5.41, 5.74) is 7.98. The molecular weight excluding hydrogens is 248 g/mol. The van der Waals surface area contributed by atoms with E-state index in [0.29, 0.717) is 22.2 Å². The van der Waals surface area contributed by atoms with Gasteiger partial charge < -0.3 is 5.73 Å². The predicted octanol–water partition coefficient (Wildman–Crippen LogP) is 1.51. The van der Waals surface area contributed by atoms with Gasteiger partial charge in [0.25, 0.3) is 0 Å². The Morgan fingerprint density at radius 1 is 1.28 bits per heavy atom. The van der Waals surface area contributed by atoms with E-state index >= 15 is 0 Å². The normalized spacial score (nSPS) is 10.9. The smallest absolute Gasteiger partial charge is 0.189 e. The van der Waals surface area contributed by atoms with Crippen molar-refractivity contribution in [2.45, 2.75) is 5.16 Å². The highest BCUT2D eigenvalue weighted by Gasteiger charge is 2.09. The van der Waals surface area contributed by atoms with E-state index < -0.39 is 0 Å². The monoisotopic (exact) mass is 258 g/mol. The third-order valence-corrected chi connectivity index (χ3v) is 3.09. The first-order chi connectivity index (χ1) is 8.79. The fraction of sp³-hybridized carbons (Fsp3) is 0.0909. The van der Waals surface area contributed by atoms with Crippen LogP contribution in [0.3, 0.4) is 0 Å². The summed E-state index contributed by atoms with van der Waals surface area (Å²) < 4.78 is 1.66. The number of fused-ring (bicyclic) bond motifs is 1. The van der Waals surface area contributed by atoms with Crippen molar-refractivity contribution in [2.75, 3.05) is 12.0 Å². The minimum Gasteiger partial charge on any atom is -0.397 e. The Labute approximate surface area is 107 Å². The van der Waals surface area contributed by atoms with Crippen LogP contribution in [0.25, 0.3) is 16.9 Å². The van der Waals surface area contributed by atoms with Crippen molar-refractivity contribution in [1.82, 2.24) is 25.0 Å². The number of nitrogens with zero attached hydrogens (tertiary/aromatic N) is 5. The van der Waals surface area contributed by atoms with Crippen molar-refractivity contribution < 1.29 is 0 Å². The Kier molecular flexibility index (Phi) is 2.60. The summed E-state index contributed by atoms with van der Waals surface area (Å²) in [5, 5.41) is 8.85. The molecule has 90 valence electrons. The van der Waals surface area contributed by atoms with Crippen LogP contribution < -0.4 is 5.73 Å². The molecule has 0 atom stereocenters. The lowest BCUT2D eigenvalue weighted by Crippen LogP contribution is -2.01. The summed E-state index contributed by atoms with van der Waals surface area (Å²) in [6, 6.07) is 7.37. The maximum atomic E-state index is 5.85. The number of aromatic nitrogens is 5. The fourth-order valence-corrected chi connectivity index (χ4v) is 2.03. The molecule has 0 saturated carbocycles. The van der Waals surface area contributed by atoms with Crippen LogP contribution in [0.1, 0.15) is 0 Å². The Bertz CT molecular complexity index is 708. The first-order valence-electron chi connectivity index (χ1n) is 5.27. The van der Waals surface area contributed by atoms with E-state index in [4.69, 9.17) is 5.73 Å². The standard InChI is InChI=1S/C11H10N6S/c1-18-11-13-6-5-9(14-11)17-8-4-2-3-7(12)10(8)15-16-17/h2-6H,12H2,1H3. The number of hydrogen-bond donors (Lipinski definition) is 1. The van der Waals surface area contributed by atoms with Gasteiger partial charge >= 0.3 is 0 Å². The number of benzene rings is 1. The molecule has 0 aliphatic heterocycles. The highest BCUT2D eigenvalue weighted by Crippen LogP contribution is 2.20. The third-order valence-electron chi connectivity index (χ3n) is 2.53. The summed E-state index contributed by atoms with van der Waals surface area (Å²) in [6.45, 7) is 0. The van der Waals surface area contributed by atoms with Crippen molar-refractivity contribution in [3.05, 3.63) is 30.5 Å². The van der Waals surface area contributed by atoms with Crippen LogP contribution in [0.2, 0.25) is 0 Å². The van der Waals surface area contributed by atoms with Gasteiger partial charge in [0.1, 0.15) is 5.52 Å². The Balaban J connectivity index is 2.22. The maximum Gasteiger partial charge on any atom is 0.189 e. The Hall–Kier alpha value is -2.15. The molecule has 0 amide bonds. The Morgan fingerprint density at radius 3 is 3.00 bits per heavy atom. The third kappa shape index (κ3) is 1.68. The first-order valence-corrected chi connectivity index (χ1v) is 6.49. The Morgan fingerprint density at radius 2 is 2.17 bits per heavy atom. The number of nitrogens with two attached hydrogens (primary N) is 1. The van der Waals surface area contributed by atoms with Gasteiger partial charge in [0.05, 0.1) is 11.2 Å². The van der Waals surface area contributed by atoms with Crippen LogP contribution >= 0.6 is 11.8 Å². The van der Waals surface area contributed by atoms with Gasteiger partial charge in [0, 0.05) is 12.3 Å². The summed E-state index contributed by atoms with van der Waals surface area (Å²) in [6.07, 6.45) is 3.63. The molecule has 0 fully saturated rings. The molecular formula is C11H10N6S. The van der Waals surface area contributed by atoms with Crippen molar-refractivity contribution in [3.8, 4) is 5.82 Å². The predicted molar refractivity (Wildman–Crippen MR) is 70.6 cm³/mol. The lowest BCUT2D eigenvalue weighted by molar-refractivity contribution is 0.777. The van der Waals surface area contributed by atoms with Crippen LogP contribution in [-0.4, -0.2) is 31.2 Å². The van der Waals surface area contributed by atoms with E-state index in [1.165, 1.54) is 11.8 Å². The molecule has 6 nitrogen and oxygen atoms in total. The largest absolute Gasteiger partial charge is 0.397 e. The molecule has 2 heterocycles.